The first kappa shape index (κ1) is 23.5. The number of halogens is 2. The smallest absolute Gasteiger partial charge is 0.264 e. The first-order valence-corrected chi connectivity index (χ1v) is 11.6. The minimum absolute atomic E-state index is 0.0461. The second kappa shape index (κ2) is 10.1. The summed E-state index contributed by atoms with van der Waals surface area (Å²) in [7, 11) is 0. The first-order valence-electron chi connectivity index (χ1n) is 10.9. The zero-order valence-corrected chi connectivity index (χ0v) is 19.4. The molecule has 1 aliphatic carbocycles. The maximum absolute atomic E-state index is 13.4. The maximum Gasteiger partial charge on any atom is 0.264 e. The Balaban J connectivity index is 1.60. The van der Waals surface area contributed by atoms with Crippen molar-refractivity contribution in [1.82, 2.24) is 20.1 Å². The summed E-state index contributed by atoms with van der Waals surface area (Å²) in [5, 5.41) is 3.60. The Morgan fingerprint density at radius 1 is 0.939 bits per heavy atom. The summed E-state index contributed by atoms with van der Waals surface area (Å²) >= 11 is 12.1. The molecule has 4 rings (SSSR count). The lowest BCUT2D eigenvalue weighted by Gasteiger charge is -2.32. The first-order chi connectivity index (χ1) is 15.8. The van der Waals surface area contributed by atoms with Crippen LogP contribution >= 0.6 is 23.2 Å². The highest BCUT2D eigenvalue weighted by molar-refractivity contribution is 6.42. The molecule has 0 bridgehead atoms. The number of rotatable bonds is 4. The van der Waals surface area contributed by atoms with Crippen molar-refractivity contribution < 1.29 is 14.4 Å². The van der Waals surface area contributed by atoms with Gasteiger partial charge in [-0.3, -0.25) is 19.4 Å². The van der Waals surface area contributed by atoms with Crippen molar-refractivity contribution in [2.75, 3.05) is 13.1 Å². The summed E-state index contributed by atoms with van der Waals surface area (Å²) in [5.41, 5.74) is 6.62. The average molecular weight is 490 g/mol. The lowest BCUT2D eigenvalue weighted by atomic mass is 9.92. The molecule has 2 aliphatic rings. The zero-order valence-electron chi connectivity index (χ0n) is 17.9. The minimum Gasteiger partial charge on any atom is -0.350 e. The molecular weight excluding hydrogens is 465 g/mol. The molecule has 3 amide bonds. The monoisotopic (exact) mass is 489 g/mol. The SMILES string of the molecule is NC1CCC(NC(=O)C2N(C(=O)c3cccnc3)CCN2C(=O)c2ccc(Cl)c(Cl)c2)CC1. The number of carbonyl (C=O) groups is 3. The number of nitrogens with zero attached hydrogens (tertiary/aromatic N) is 3. The Labute approximate surface area is 202 Å². The summed E-state index contributed by atoms with van der Waals surface area (Å²) in [5.74, 6) is -1.15. The lowest BCUT2D eigenvalue weighted by Crippen LogP contribution is -2.56. The van der Waals surface area contributed by atoms with Crippen molar-refractivity contribution >= 4 is 40.9 Å². The highest BCUT2D eigenvalue weighted by Crippen LogP contribution is 2.26. The molecule has 1 atom stereocenters. The third-order valence-corrected chi connectivity index (χ3v) is 6.86. The third-order valence-electron chi connectivity index (χ3n) is 6.12. The van der Waals surface area contributed by atoms with Gasteiger partial charge in [-0.2, -0.15) is 0 Å². The standard InChI is InChI=1S/C23H25Cl2N5O3/c24-18-8-3-14(12-19(18)25)22(32)29-10-11-30(23(33)15-2-1-9-27-13-15)21(29)20(31)28-17-6-4-16(26)5-7-17/h1-3,8-9,12-13,16-17,21H,4-7,10-11,26H2,(H,28,31). The molecule has 2 aromatic rings. The van der Waals surface area contributed by atoms with Gasteiger partial charge in [0.15, 0.2) is 6.17 Å². The van der Waals surface area contributed by atoms with Crippen molar-refractivity contribution in [2.24, 2.45) is 5.73 Å². The van der Waals surface area contributed by atoms with Gasteiger partial charge >= 0.3 is 0 Å². The molecule has 174 valence electrons. The summed E-state index contributed by atoms with van der Waals surface area (Å²) in [6, 6.07) is 7.94. The number of carbonyl (C=O) groups excluding carboxylic acids is 3. The molecule has 2 fully saturated rings. The molecule has 1 aromatic heterocycles. The number of hydrogen-bond acceptors (Lipinski definition) is 5. The van der Waals surface area contributed by atoms with Gasteiger partial charge in [0.25, 0.3) is 17.7 Å². The predicted molar refractivity (Wildman–Crippen MR) is 125 cm³/mol. The fourth-order valence-corrected chi connectivity index (χ4v) is 4.62. The molecule has 10 heteroatoms. The van der Waals surface area contributed by atoms with Gasteiger partial charge in [0.1, 0.15) is 0 Å². The van der Waals surface area contributed by atoms with E-state index in [1.165, 1.54) is 28.1 Å². The van der Waals surface area contributed by atoms with Gasteiger partial charge < -0.3 is 20.9 Å². The van der Waals surface area contributed by atoms with E-state index in [9.17, 15) is 14.4 Å². The van der Waals surface area contributed by atoms with Gasteiger partial charge in [0.05, 0.1) is 15.6 Å². The van der Waals surface area contributed by atoms with Gasteiger partial charge in [0, 0.05) is 43.1 Å². The Morgan fingerprint density at radius 2 is 1.61 bits per heavy atom. The number of benzene rings is 1. The normalized spacial score (nSPS) is 22.8. The van der Waals surface area contributed by atoms with E-state index in [0.717, 1.165) is 25.7 Å². The summed E-state index contributed by atoms with van der Waals surface area (Å²) in [4.78, 5) is 46.8. The van der Waals surface area contributed by atoms with Crippen molar-refractivity contribution in [1.29, 1.82) is 0 Å². The summed E-state index contributed by atoms with van der Waals surface area (Å²) < 4.78 is 0. The fourth-order valence-electron chi connectivity index (χ4n) is 4.33. The van der Waals surface area contributed by atoms with E-state index in [1.807, 2.05) is 0 Å². The van der Waals surface area contributed by atoms with Crippen LogP contribution in [0.15, 0.2) is 42.7 Å². The average Bonchev–Trinajstić information content (AvgIpc) is 3.27. The number of aromatic nitrogens is 1. The highest BCUT2D eigenvalue weighted by Gasteiger charge is 2.43. The third kappa shape index (κ3) is 5.13. The topological polar surface area (TPSA) is 109 Å². The molecule has 1 aromatic carbocycles. The Kier molecular flexibility index (Phi) is 7.17. The van der Waals surface area contributed by atoms with Crippen LogP contribution in [0.2, 0.25) is 10.0 Å². The number of nitrogens with one attached hydrogen (secondary N) is 1. The molecule has 3 N–H and O–H groups in total. The summed E-state index contributed by atoms with van der Waals surface area (Å²) in [6.07, 6.45) is 5.09. The van der Waals surface area contributed by atoms with E-state index in [0.29, 0.717) is 16.1 Å². The van der Waals surface area contributed by atoms with Crippen molar-refractivity contribution in [3.63, 3.8) is 0 Å². The number of hydrogen-bond donors (Lipinski definition) is 2. The van der Waals surface area contributed by atoms with Crippen LogP contribution in [0.3, 0.4) is 0 Å². The largest absolute Gasteiger partial charge is 0.350 e. The van der Waals surface area contributed by atoms with Crippen LogP contribution in [0.1, 0.15) is 46.4 Å². The van der Waals surface area contributed by atoms with Gasteiger partial charge in [-0.05, 0) is 56.0 Å². The summed E-state index contributed by atoms with van der Waals surface area (Å²) in [6.45, 7) is 0.424. The van der Waals surface area contributed by atoms with Crippen LogP contribution < -0.4 is 11.1 Å². The van der Waals surface area contributed by atoms with E-state index < -0.39 is 18.0 Å². The number of amides is 3. The molecule has 2 heterocycles. The van der Waals surface area contributed by atoms with Crippen LogP contribution in [0.4, 0.5) is 0 Å². The fraction of sp³-hybridized carbons (Fsp3) is 0.391. The molecule has 8 nitrogen and oxygen atoms in total. The minimum atomic E-state index is -1.09. The van der Waals surface area contributed by atoms with E-state index in [2.05, 4.69) is 10.3 Å². The molecule has 0 radical (unpaired) electrons. The molecule has 33 heavy (non-hydrogen) atoms. The number of pyridine rings is 1. The van der Waals surface area contributed by atoms with E-state index >= 15 is 0 Å². The molecule has 1 saturated heterocycles. The van der Waals surface area contributed by atoms with Gasteiger partial charge in [-0.15, -0.1) is 0 Å². The molecule has 0 spiro atoms. The van der Waals surface area contributed by atoms with Crippen molar-refractivity contribution in [3.8, 4) is 0 Å². The Morgan fingerprint density at radius 3 is 2.21 bits per heavy atom. The van der Waals surface area contributed by atoms with Crippen LogP contribution in [-0.4, -0.2) is 63.8 Å². The van der Waals surface area contributed by atoms with Gasteiger partial charge in [-0.1, -0.05) is 23.2 Å². The molecular formula is C23H25Cl2N5O3. The van der Waals surface area contributed by atoms with Gasteiger partial charge in [0.2, 0.25) is 0 Å². The zero-order chi connectivity index (χ0) is 23.5. The second-order valence-corrected chi connectivity index (χ2v) is 9.18. The van der Waals surface area contributed by atoms with Crippen LogP contribution in [0.5, 0.6) is 0 Å². The van der Waals surface area contributed by atoms with E-state index in [-0.39, 0.29) is 36.1 Å². The van der Waals surface area contributed by atoms with Crippen LogP contribution in [-0.2, 0) is 4.79 Å². The highest BCUT2D eigenvalue weighted by atomic mass is 35.5. The van der Waals surface area contributed by atoms with Crippen LogP contribution in [0, 0.1) is 0 Å². The Hall–Kier alpha value is -2.68. The van der Waals surface area contributed by atoms with Crippen LogP contribution in [0.25, 0.3) is 0 Å². The van der Waals surface area contributed by atoms with E-state index in [1.54, 1.807) is 24.4 Å². The predicted octanol–water partition coefficient (Wildman–Crippen LogP) is 2.70. The molecule has 1 aliphatic heterocycles. The van der Waals surface area contributed by atoms with Gasteiger partial charge in [-0.25, -0.2) is 0 Å². The number of nitrogens with two attached hydrogens (primary N) is 1. The maximum atomic E-state index is 13.4. The van der Waals surface area contributed by atoms with Crippen molar-refractivity contribution in [2.45, 2.75) is 43.9 Å². The van der Waals surface area contributed by atoms with E-state index in [4.69, 9.17) is 28.9 Å². The lowest BCUT2D eigenvalue weighted by molar-refractivity contribution is -0.129. The quantitative estimate of drug-likeness (QED) is 0.685. The molecule has 1 saturated carbocycles. The Bertz CT molecular complexity index is 1040. The second-order valence-electron chi connectivity index (χ2n) is 8.36. The molecule has 1 unspecified atom stereocenters. The van der Waals surface area contributed by atoms with Crippen molar-refractivity contribution in [3.05, 3.63) is 63.9 Å².